The normalized spacial score (nSPS) is 24.1. The van der Waals surface area contributed by atoms with Crippen molar-refractivity contribution in [2.75, 3.05) is 81.7 Å². The molecule has 9 nitrogen and oxygen atoms in total. The first-order valence-corrected chi connectivity index (χ1v) is 43.4. The van der Waals surface area contributed by atoms with E-state index >= 15 is 0 Å². The van der Waals surface area contributed by atoms with Crippen LogP contribution in [-0.2, 0) is 39.8 Å². The van der Waals surface area contributed by atoms with Crippen molar-refractivity contribution < 1.29 is 39.8 Å². The maximum absolute atomic E-state index is 6.46. The van der Waals surface area contributed by atoms with E-state index in [-0.39, 0.29) is 0 Å². The first-order valence-electron chi connectivity index (χ1n) is 20.1. The van der Waals surface area contributed by atoms with Gasteiger partial charge in [-0.2, -0.15) is 0 Å². The molecule has 2 saturated carbocycles. The number of fused-ring (bicyclic) bond motifs is 2. The van der Waals surface area contributed by atoms with E-state index in [0.29, 0.717) is 70.2 Å². The van der Waals surface area contributed by atoms with Crippen molar-refractivity contribution in [2.24, 2.45) is 17.8 Å². The maximum atomic E-state index is 6.46. The monoisotopic (exact) mass is 1070 g/mol. The Kier molecular flexibility index (Phi) is 29.5. The minimum absolute atomic E-state index is 0.513. The molecule has 0 amide bonds. The number of hydrogen-bond donors (Lipinski definition) is 4. The third kappa shape index (κ3) is 18.4. The highest BCUT2D eigenvalue weighted by Gasteiger charge is 2.52. The van der Waals surface area contributed by atoms with Crippen molar-refractivity contribution in [1.82, 2.24) is 0 Å². The van der Waals surface area contributed by atoms with Crippen LogP contribution in [0.1, 0.15) is 101 Å². The SMILES string of the molecule is CCO[Si](CCCS(CCC1CC2CCC1C2)(SSS(S)(C[Si](OCC)(OCC)OCC)SS)SS(S)(C[Si](OCC)(OCC)OCC)SS)(OCC)OCC. The lowest BCUT2D eigenvalue weighted by Crippen LogP contribution is -2.50. The van der Waals surface area contributed by atoms with E-state index in [0.717, 1.165) is 41.7 Å². The summed E-state index contributed by atoms with van der Waals surface area (Å²) in [6.07, 6.45) is 7.62. The zero-order valence-electron chi connectivity index (χ0n) is 35.1. The van der Waals surface area contributed by atoms with Crippen molar-refractivity contribution in [3.05, 3.63) is 0 Å². The van der Waals surface area contributed by atoms with E-state index in [9.17, 15) is 0 Å². The molecule has 0 spiro atoms. The first kappa shape index (κ1) is 56.6. The van der Waals surface area contributed by atoms with Gasteiger partial charge in [0.1, 0.15) is 0 Å². The van der Waals surface area contributed by atoms with Crippen LogP contribution in [0.15, 0.2) is 0 Å². The standard InChI is InChI=1S/C32H74O9S12Si3/c1-10-33-54(34-11-2,35-12-3)25-19-23-51(24-22-32-27-30-20-21-31(32)26-30,50-53(45,47-43)29-56(39-16-7,40-17-8)41-18-9)48-49-52(44,46-42)28-55(36-13-4,37-14-5)38-15-6/h30-32,42-45H,10-29H2,1-9H3. The summed E-state index contributed by atoms with van der Waals surface area (Å²) in [4.78, 5) is 0. The summed E-state index contributed by atoms with van der Waals surface area (Å²) in [5.41, 5.74) is 0. The minimum atomic E-state index is -3.09. The van der Waals surface area contributed by atoms with Gasteiger partial charge in [0.15, 0.2) is 0 Å². The molecule has 56 heavy (non-hydrogen) atoms. The van der Waals surface area contributed by atoms with Crippen molar-refractivity contribution >= 4 is 145 Å². The van der Waals surface area contributed by atoms with Gasteiger partial charge in [-0.15, -0.1) is 31.4 Å². The van der Waals surface area contributed by atoms with Gasteiger partial charge in [0.05, 0.1) is 10.8 Å². The maximum Gasteiger partial charge on any atom is 0.512 e. The average molecular weight is 1070 g/mol. The molecular weight excluding hydrogens is 997 g/mol. The van der Waals surface area contributed by atoms with Crippen LogP contribution in [0.5, 0.6) is 0 Å². The second-order valence-electron chi connectivity index (χ2n) is 13.2. The third-order valence-corrected chi connectivity index (χ3v) is 69.4. The number of rotatable bonds is 36. The molecule has 2 rings (SSSR count). The summed E-state index contributed by atoms with van der Waals surface area (Å²) >= 11 is 21.0. The molecule has 2 bridgehead atoms. The Bertz CT molecular complexity index is 1030. The molecule has 0 radical (unpaired) electrons. The van der Waals surface area contributed by atoms with Crippen molar-refractivity contribution in [3.63, 3.8) is 0 Å². The second-order valence-corrected chi connectivity index (χ2v) is 55.8. The number of hydrogen-bond acceptors (Lipinski definition) is 18. The smallest absolute Gasteiger partial charge is 0.374 e. The van der Waals surface area contributed by atoms with Crippen LogP contribution in [-0.4, -0.2) is 108 Å². The molecule has 0 aromatic carbocycles. The predicted octanol–water partition coefficient (Wildman–Crippen LogP) is 13.3. The van der Waals surface area contributed by atoms with Crippen LogP contribution in [0, 0.1) is 17.8 Å². The summed E-state index contributed by atoms with van der Waals surface area (Å²) in [6.45, 7) is 22.9. The Morgan fingerprint density at radius 1 is 0.536 bits per heavy atom. The van der Waals surface area contributed by atoms with E-state index in [1.165, 1.54) is 41.9 Å². The molecule has 2 aliphatic carbocycles. The minimum Gasteiger partial charge on any atom is -0.374 e. The fraction of sp³-hybridized carbons (Fsp3) is 1.00. The Morgan fingerprint density at radius 2 is 0.964 bits per heavy atom. The van der Waals surface area contributed by atoms with Gasteiger partial charge in [-0.05, 0) is 173 Å². The molecule has 340 valence electrons. The van der Waals surface area contributed by atoms with Crippen LogP contribution in [0.3, 0.4) is 0 Å². The van der Waals surface area contributed by atoms with Crippen molar-refractivity contribution in [1.29, 1.82) is 0 Å². The van der Waals surface area contributed by atoms with Gasteiger partial charge in [0.25, 0.3) is 0 Å². The molecule has 0 saturated heterocycles. The van der Waals surface area contributed by atoms with Crippen LogP contribution in [0.2, 0.25) is 6.04 Å². The molecular formula is C32H74O9S12Si3. The van der Waals surface area contributed by atoms with Gasteiger partial charge in [-0.1, -0.05) is 44.0 Å². The van der Waals surface area contributed by atoms with Gasteiger partial charge < -0.3 is 39.8 Å². The lowest BCUT2D eigenvalue weighted by molar-refractivity contribution is 0.0710. The molecule has 2 fully saturated rings. The van der Waals surface area contributed by atoms with Gasteiger partial charge in [-0.3, -0.25) is 0 Å². The fourth-order valence-electron chi connectivity index (χ4n) is 7.50. The van der Waals surface area contributed by atoms with Crippen molar-refractivity contribution in [3.8, 4) is 0 Å². The van der Waals surface area contributed by atoms with Crippen LogP contribution >= 0.6 is 118 Å². The van der Waals surface area contributed by atoms with Gasteiger partial charge in [-0.25, -0.2) is 0 Å². The van der Waals surface area contributed by atoms with E-state index < -0.39 is 48.8 Å². The summed E-state index contributed by atoms with van der Waals surface area (Å²) in [5.74, 6) is 4.55. The highest BCUT2D eigenvalue weighted by atomic mass is 34.1. The van der Waals surface area contributed by atoms with E-state index in [2.05, 4.69) is 0 Å². The van der Waals surface area contributed by atoms with Crippen LogP contribution in [0.25, 0.3) is 0 Å². The lowest BCUT2D eigenvalue weighted by atomic mass is 9.87. The van der Waals surface area contributed by atoms with E-state index in [1.54, 1.807) is 9.83 Å². The van der Waals surface area contributed by atoms with Crippen molar-refractivity contribution in [2.45, 2.75) is 107 Å². The Labute approximate surface area is 386 Å². The van der Waals surface area contributed by atoms with Gasteiger partial charge in [0.2, 0.25) is 0 Å². The molecule has 6 unspecified atom stereocenters. The number of thiol groups is 4. The van der Waals surface area contributed by atoms with Gasteiger partial charge in [0, 0.05) is 65.5 Å². The first-order chi connectivity index (χ1) is 26.7. The molecule has 0 aromatic heterocycles. The molecule has 0 heterocycles. The lowest BCUT2D eigenvalue weighted by Gasteiger charge is -2.48. The zero-order valence-corrected chi connectivity index (χ0v) is 48.2. The average Bonchev–Trinajstić information content (AvgIpc) is 3.78. The summed E-state index contributed by atoms with van der Waals surface area (Å²) in [6, 6.07) is 0.755. The highest BCUT2D eigenvalue weighted by Crippen LogP contribution is 2.94. The second kappa shape index (κ2) is 29.2. The molecule has 0 aliphatic heterocycles. The Balaban J connectivity index is 2.69. The Hall–Kier alpha value is 4.49. The third-order valence-electron chi connectivity index (χ3n) is 9.34. The zero-order chi connectivity index (χ0) is 41.8. The summed E-state index contributed by atoms with van der Waals surface area (Å²) < 4.78 is 57.7. The van der Waals surface area contributed by atoms with E-state index in [1.807, 2.05) is 91.8 Å². The molecule has 0 N–H and O–H groups in total. The van der Waals surface area contributed by atoms with E-state index in [4.69, 9.17) is 86.5 Å². The summed E-state index contributed by atoms with van der Waals surface area (Å²) in [7, 11) is -5.25. The fourth-order valence-corrected chi connectivity index (χ4v) is 79.1. The predicted molar refractivity (Wildman–Crippen MR) is 281 cm³/mol. The van der Waals surface area contributed by atoms with Crippen LogP contribution in [0.4, 0.5) is 0 Å². The highest BCUT2D eigenvalue weighted by molar-refractivity contribution is 9.73. The summed E-state index contributed by atoms with van der Waals surface area (Å²) in [5, 5.41) is 1.18. The quantitative estimate of drug-likeness (QED) is 0.0273. The topological polar surface area (TPSA) is 83.1 Å². The molecule has 0 aromatic rings. The molecule has 24 heteroatoms. The molecule has 6 atom stereocenters. The Morgan fingerprint density at radius 3 is 1.34 bits per heavy atom. The van der Waals surface area contributed by atoms with Gasteiger partial charge >= 0.3 is 26.4 Å². The largest absolute Gasteiger partial charge is 0.512 e. The van der Waals surface area contributed by atoms with Crippen LogP contribution < -0.4 is 0 Å². The molecule has 2 aliphatic rings.